The smallest absolute Gasteiger partial charge is 0.407 e. The Balaban J connectivity index is 1.20. The molecule has 0 radical (unpaired) electrons. The fraction of sp³-hybridized carbons (Fsp3) is 0.600. The number of nitrogens with one attached hydrogen (secondary N) is 1. The second kappa shape index (κ2) is 7.06. The lowest BCUT2D eigenvalue weighted by molar-refractivity contribution is -0.155. The number of hydrogen-bond acceptors (Lipinski definition) is 5. The van der Waals surface area contributed by atoms with Crippen molar-refractivity contribution in [3.63, 3.8) is 0 Å². The van der Waals surface area contributed by atoms with Crippen LogP contribution in [-0.2, 0) is 25.8 Å². The highest BCUT2D eigenvalue weighted by Crippen LogP contribution is 2.53. The highest BCUT2D eigenvalue weighted by molar-refractivity contribution is 7.90. The SMILES string of the molecule is CS(=O)(=O)c1cccc(CC2CC3(C2)CN(C(=O)CC[C@@H]2COC(=O)N2)C3)c1. The van der Waals surface area contributed by atoms with Crippen molar-refractivity contribution >= 4 is 21.8 Å². The summed E-state index contributed by atoms with van der Waals surface area (Å²) in [6.07, 6.45) is 4.96. The first-order valence-electron chi connectivity index (χ1n) is 9.73. The molecule has 2 heterocycles. The molecule has 1 N–H and O–H groups in total. The molecule has 1 aromatic rings. The van der Waals surface area contributed by atoms with Crippen molar-refractivity contribution in [2.45, 2.75) is 43.0 Å². The third-order valence-corrected chi connectivity index (χ3v) is 7.25. The largest absolute Gasteiger partial charge is 0.447 e. The number of alkyl carbamates (subject to hydrolysis) is 1. The van der Waals surface area contributed by atoms with Crippen molar-refractivity contribution in [3.05, 3.63) is 29.8 Å². The van der Waals surface area contributed by atoms with E-state index in [0.29, 0.717) is 30.3 Å². The summed E-state index contributed by atoms with van der Waals surface area (Å²) in [6.45, 7) is 1.98. The number of carbonyl (C=O) groups excluding carboxylic acids is 2. The molecule has 0 bridgehead atoms. The third kappa shape index (κ3) is 4.01. The van der Waals surface area contributed by atoms with Crippen LogP contribution in [0.25, 0.3) is 0 Å². The van der Waals surface area contributed by atoms with Crippen LogP contribution >= 0.6 is 0 Å². The fourth-order valence-electron chi connectivity index (χ4n) is 4.78. The Morgan fingerprint density at radius 2 is 2.07 bits per heavy atom. The number of sulfone groups is 1. The van der Waals surface area contributed by atoms with E-state index >= 15 is 0 Å². The molecule has 2 aliphatic heterocycles. The first-order valence-corrected chi connectivity index (χ1v) is 11.6. The summed E-state index contributed by atoms with van der Waals surface area (Å²) in [4.78, 5) is 25.6. The quantitative estimate of drug-likeness (QED) is 0.777. The maximum absolute atomic E-state index is 12.3. The van der Waals surface area contributed by atoms with Crippen LogP contribution in [0.3, 0.4) is 0 Å². The molecule has 3 aliphatic rings. The second-order valence-corrected chi connectivity index (χ2v) is 10.6. The van der Waals surface area contributed by atoms with Crippen molar-refractivity contribution in [2.24, 2.45) is 11.3 Å². The van der Waals surface area contributed by atoms with E-state index in [1.54, 1.807) is 12.1 Å². The van der Waals surface area contributed by atoms with Gasteiger partial charge in [-0.3, -0.25) is 4.79 Å². The van der Waals surface area contributed by atoms with E-state index in [2.05, 4.69) is 5.32 Å². The predicted molar refractivity (Wildman–Crippen MR) is 102 cm³/mol. The van der Waals surface area contributed by atoms with Crippen LogP contribution in [0.2, 0.25) is 0 Å². The second-order valence-electron chi connectivity index (χ2n) is 8.63. The number of ether oxygens (including phenoxy) is 1. The summed E-state index contributed by atoms with van der Waals surface area (Å²) >= 11 is 0. The van der Waals surface area contributed by atoms with Gasteiger partial charge in [-0.05, 0) is 49.3 Å². The monoisotopic (exact) mass is 406 g/mol. The molecule has 3 fully saturated rings. The van der Waals surface area contributed by atoms with Gasteiger partial charge in [0.25, 0.3) is 0 Å². The van der Waals surface area contributed by atoms with Crippen LogP contribution in [0.5, 0.6) is 0 Å². The maximum atomic E-state index is 12.3. The number of rotatable bonds is 6. The van der Waals surface area contributed by atoms with Crippen molar-refractivity contribution in [3.8, 4) is 0 Å². The summed E-state index contributed by atoms with van der Waals surface area (Å²) in [5.41, 5.74) is 1.33. The van der Waals surface area contributed by atoms with Crippen LogP contribution in [0.15, 0.2) is 29.2 Å². The Morgan fingerprint density at radius 3 is 2.71 bits per heavy atom. The molecule has 4 rings (SSSR count). The van der Waals surface area contributed by atoms with Crippen molar-refractivity contribution < 1.29 is 22.7 Å². The van der Waals surface area contributed by atoms with E-state index in [4.69, 9.17) is 4.74 Å². The van der Waals surface area contributed by atoms with Gasteiger partial charge in [-0.1, -0.05) is 12.1 Å². The number of likely N-dealkylation sites (tertiary alicyclic amines) is 1. The van der Waals surface area contributed by atoms with Crippen LogP contribution in [-0.4, -0.2) is 57.3 Å². The van der Waals surface area contributed by atoms with Crippen LogP contribution in [0.4, 0.5) is 4.79 Å². The number of nitrogens with zero attached hydrogens (tertiary/aromatic N) is 1. The van der Waals surface area contributed by atoms with Crippen molar-refractivity contribution in [2.75, 3.05) is 26.0 Å². The molecule has 0 aromatic heterocycles. The summed E-state index contributed by atoms with van der Waals surface area (Å²) in [5, 5.41) is 2.70. The lowest BCUT2D eigenvalue weighted by atomic mass is 9.56. The molecule has 28 heavy (non-hydrogen) atoms. The molecular formula is C20H26N2O5S. The Morgan fingerprint density at radius 1 is 1.32 bits per heavy atom. The lowest BCUT2D eigenvalue weighted by Crippen LogP contribution is -2.64. The van der Waals surface area contributed by atoms with E-state index in [0.717, 1.165) is 37.9 Å². The number of hydrogen-bond donors (Lipinski definition) is 1. The minimum absolute atomic E-state index is 0.0533. The van der Waals surface area contributed by atoms with Gasteiger partial charge in [-0.15, -0.1) is 0 Å². The Bertz CT molecular complexity index is 884. The van der Waals surface area contributed by atoms with Crippen LogP contribution < -0.4 is 5.32 Å². The van der Waals surface area contributed by atoms with Gasteiger partial charge in [0.15, 0.2) is 9.84 Å². The highest BCUT2D eigenvalue weighted by atomic mass is 32.2. The molecule has 1 aliphatic carbocycles. The zero-order chi connectivity index (χ0) is 19.9. The van der Waals surface area contributed by atoms with E-state index in [-0.39, 0.29) is 17.4 Å². The summed E-state index contributed by atoms with van der Waals surface area (Å²) < 4.78 is 28.2. The van der Waals surface area contributed by atoms with Gasteiger partial charge in [-0.2, -0.15) is 0 Å². The number of amides is 2. The molecule has 1 atom stereocenters. The molecule has 2 amide bonds. The van der Waals surface area contributed by atoms with Crippen LogP contribution in [0, 0.1) is 11.3 Å². The minimum atomic E-state index is -3.17. The molecule has 1 saturated carbocycles. The molecule has 0 unspecified atom stereocenters. The van der Waals surface area contributed by atoms with Gasteiger partial charge in [-0.25, -0.2) is 13.2 Å². The van der Waals surface area contributed by atoms with Gasteiger partial charge in [0.2, 0.25) is 5.91 Å². The molecule has 1 aromatic carbocycles. The highest BCUT2D eigenvalue weighted by Gasteiger charge is 2.53. The van der Waals surface area contributed by atoms with E-state index in [1.807, 2.05) is 17.0 Å². The first-order chi connectivity index (χ1) is 13.2. The van der Waals surface area contributed by atoms with E-state index in [9.17, 15) is 18.0 Å². The number of cyclic esters (lactones) is 1. The zero-order valence-electron chi connectivity index (χ0n) is 16.0. The van der Waals surface area contributed by atoms with E-state index in [1.165, 1.54) is 6.26 Å². The summed E-state index contributed by atoms with van der Waals surface area (Å²) in [7, 11) is -3.17. The molecule has 1 spiro atoms. The standard InChI is InChI=1S/C20H26N2O5S/c1-28(25,26)17-4-2-3-14(8-17)7-15-9-20(10-15)12-22(13-20)18(23)6-5-16-11-27-19(24)21-16/h2-4,8,15-16H,5-7,9-13H2,1H3,(H,21,24)/t16-/m1/s1. The average molecular weight is 407 g/mol. The summed E-state index contributed by atoms with van der Waals surface area (Å²) in [5.74, 6) is 0.703. The Hall–Kier alpha value is -2.09. The van der Waals surface area contributed by atoms with Gasteiger partial charge >= 0.3 is 6.09 Å². The Kier molecular flexibility index (Phi) is 4.85. The molecule has 8 heteroatoms. The van der Waals surface area contributed by atoms with Gasteiger partial charge in [0, 0.05) is 31.2 Å². The van der Waals surface area contributed by atoms with Crippen LogP contribution in [0.1, 0.15) is 31.2 Å². The molecule has 7 nitrogen and oxygen atoms in total. The molecule has 152 valence electrons. The van der Waals surface area contributed by atoms with Crippen molar-refractivity contribution in [1.82, 2.24) is 10.2 Å². The molecule has 2 saturated heterocycles. The topological polar surface area (TPSA) is 92.8 Å². The molecular weight excluding hydrogens is 380 g/mol. The van der Waals surface area contributed by atoms with Crippen molar-refractivity contribution in [1.29, 1.82) is 0 Å². The normalized spacial score (nSPS) is 23.7. The lowest BCUT2D eigenvalue weighted by Gasteiger charge is -2.59. The van der Waals surface area contributed by atoms with Gasteiger partial charge in [0.1, 0.15) is 6.61 Å². The minimum Gasteiger partial charge on any atom is -0.447 e. The Labute approximate surface area is 165 Å². The van der Waals surface area contributed by atoms with Gasteiger partial charge < -0.3 is 15.0 Å². The number of carbonyl (C=O) groups is 2. The average Bonchev–Trinajstić information content (AvgIpc) is 2.98. The predicted octanol–water partition coefficient (Wildman–Crippen LogP) is 1.76. The first kappa shape index (κ1) is 19.2. The third-order valence-electron chi connectivity index (χ3n) is 6.14. The number of benzene rings is 1. The maximum Gasteiger partial charge on any atom is 0.407 e. The van der Waals surface area contributed by atoms with E-state index < -0.39 is 15.9 Å². The summed E-state index contributed by atoms with van der Waals surface area (Å²) in [6, 6.07) is 7.16. The van der Waals surface area contributed by atoms with Gasteiger partial charge in [0.05, 0.1) is 10.9 Å². The fourth-order valence-corrected chi connectivity index (χ4v) is 5.47. The zero-order valence-corrected chi connectivity index (χ0v) is 16.8.